The summed E-state index contributed by atoms with van der Waals surface area (Å²) in [7, 11) is 0. The highest BCUT2D eigenvalue weighted by Crippen LogP contribution is 2.28. The second-order valence-electron chi connectivity index (χ2n) is 3.95. The summed E-state index contributed by atoms with van der Waals surface area (Å²) in [6, 6.07) is 5.09. The number of anilines is 1. The summed E-state index contributed by atoms with van der Waals surface area (Å²) in [5, 5.41) is 0. The number of rotatable bonds is 5. The zero-order chi connectivity index (χ0) is 13.8. The van der Waals surface area contributed by atoms with E-state index in [1.165, 1.54) is 4.90 Å². The molecule has 1 aromatic carbocycles. The minimum Gasteiger partial charge on any atom is -0.363 e. The average Bonchev–Trinajstić information content (AvgIpc) is 2.26. The summed E-state index contributed by atoms with van der Waals surface area (Å²) in [5.41, 5.74) is 1.42. The number of halogens is 5. The molecule has 0 saturated carbocycles. The summed E-state index contributed by atoms with van der Waals surface area (Å²) in [6.45, 7) is 1.28. The first-order valence-electron chi connectivity index (χ1n) is 5.53. The van der Waals surface area contributed by atoms with Gasteiger partial charge in [0, 0.05) is 22.6 Å². The van der Waals surface area contributed by atoms with Gasteiger partial charge in [0.05, 0.1) is 0 Å². The van der Waals surface area contributed by atoms with Crippen molar-refractivity contribution in [3.63, 3.8) is 0 Å². The minimum absolute atomic E-state index is 0.327. The number of hydrogen-bond acceptors (Lipinski definition) is 1. The Kier molecular flexibility index (Phi) is 5.79. The molecule has 1 aromatic rings. The third-order valence-electron chi connectivity index (χ3n) is 2.41. The minimum atomic E-state index is -4.20. The van der Waals surface area contributed by atoms with E-state index < -0.39 is 12.7 Å². The molecule has 102 valence electrons. The van der Waals surface area contributed by atoms with E-state index in [-0.39, 0.29) is 0 Å². The maximum absolute atomic E-state index is 12.5. The molecule has 0 N–H and O–H groups in total. The largest absolute Gasteiger partial charge is 0.405 e. The molecule has 0 bridgehead atoms. The second-order valence-corrected chi connectivity index (χ2v) is 5.07. The highest BCUT2D eigenvalue weighted by atomic mass is 79.9. The standard InChI is InChI=1S/C12H14BrClF3N/c1-2-5-18(8-12(15,16)17)10-4-3-9(7-14)11(13)6-10/h3-4,6H,2,5,7-8H2,1H3. The van der Waals surface area contributed by atoms with Crippen LogP contribution in [0.3, 0.4) is 0 Å². The fourth-order valence-electron chi connectivity index (χ4n) is 1.63. The molecule has 0 saturated heterocycles. The maximum Gasteiger partial charge on any atom is 0.405 e. The van der Waals surface area contributed by atoms with Crippen molar-refractivity contribution in [3.05, 3.63) is 28.2 Å². The smallest absolute Gasteiger partial charge is 0.363 e. The van der Waals surface area contributed by atoms with Gasteiger partial charge in [-0.05, 0) is 24.1 Å². The van der Waals surface area contributed by atoms with E-state index in [4.69, 9.17) is 11.6 Å². The summed E-state index contributed by atoms with van der Waals surface area (Å²) >= 11 is 9.02. The Morgan fingerprint density at radius 2 is 2.00 bits per heavy atom. The van der Waals surface area contributed by atoms with Crippen molar-refractivity contribution in [2.75, 3.05) is 18.0 Å². The molecule has 0 amide bonds. The first-order valence-corrected chi connectivity index (χ1v) is 6.86. The van der Waals surface area contributed by atoms with Crippen LogP contribution >= 0.6 is 27.5 Å². The molecule has 6 heteroatoms. The van der Waals surface area contributed by atoms with Gasteiger partial charge in [0.1, 0.15) is 6.54 Å². The number of nitrogens with zero attached hydrogens (tertiary/aromatic N) is 1. The monoisotopic (exact) mass is 343 g/mol. The summed E-state index contributed by atoms with van der Waals surface area (Å²) in [4.78, 5) is 1.32. The van der Waals surface area contributed by atoms with Gasteiger partial charge in [-0.2, -0.15) is 13.2 Å². The van der Waals surface area contributed by atoms with Gasteiger partial charge >= 0.3 is 6.18 Å². The van der Waals surface area contributed by atoms with Crippen molar-refractivity contribution < 1.29 is 13.2 Å². The zero-order valence-electron chi connectivity index (χ0n) is 9.90. The Bertz CT molecular complexity index is 395. The summed E-state index contributed by atoms with van der Waals surface area (Å²) < 4.78 is 38.2. The molecule has 0 aliphatic rings. The van der Waals surface area contributed by atoms with Crippen LogP contribution < -0.4 is 4.90 Å². The van der Waals surface area contributed by atoms with Gasteiger partial charge < -0.3 is 4.90 Å². The Balaban J connectivity index is 2.95. The lowest BCUT2D eigenvalue weighted by atomic mass is 10.2. The predicted molar refractivity (Wildman–Crippen MR) is 72.3 cm³/mol. The van der Waals surface area contributed by atoms with Crippen LogP contribution in [0.25, 0.3) is 0 Å². The Morgan fingerprint density at radius 1 is 1.33 bits per heavy atom. The first-order chi connectivity index (χ1) is 8.37. The highest BCUT2D eigenvalue weighted by molar-refractivity contribution is 9.10. The molecule has 0 spiro atoms. The van der Waals surface area contributed by atoms with Gasteiger partial charge in [-0.1, -0.05) is 28.9 Å². The van der Waals surface area contributed by atoms with Crippen molar-refractivity contribution in [3.8, 4) is 0 Å². The van der Waals surface area contributed by atoms with E-state index in [0.717, 1.165) is 10.0 Å². The lowest BCUT2D eigenvalue weighted by Gasteiger charge is -2.26. The second kappa shape index (κ2) is 6.66. The van der Waals surface area contributed by atoms with Crippen LogP contribution in [0.2, 0.25) is 0 Å². The summed E-state index contributed by atoms with van der Waals surface area (Å²) in [5.74, 6) is 0.327. The van der Waals surface area contributed by atoms with Gasteiger partial charge in [0.25, 0.3) is 0 Å². The molecule has 0 fully saturated rings. The molecule has 0 aliphatic carbocycles. The number of hydrogen-bond donors (Lipinski definition) is 0. The van der Waals surface area contributed by atoms with Crippen LogP contribution in [0.1, 0.15) is 18.9 Å². The third kappa shape index (κ3) is 4.69. The van der Waals surface area contributed by atoms with Gasteiger partial charge in [0.15, 0.2) is 0 Å². The Labute approximate surface area is 118 Å². The van der Waals surface area contributed by atoms with Crippen molar-refractivity contribution in [1.82, 2.24) is 0 Å². The van der Waals surface area contributed by atoms with E-state index in [1.54, 1.807) is 18.2 Å². The van der Waals surface area contributed by atoms with Gasteiger partial charge in [0.2, 0.25) is 0 Å². The number of benzene rings is 1. The average molecular weight is 345 g/mol. The third-order valence-corrected chi connectivity index (χ3v) is 3.44. The fourth-order valence-corrected chi connectivity index (χ4v) is 2.53. The molecule has 0 atom stereocenters. The molecule has 0 aliphatic heterocycles. The normalized spacial score (nSPS) is 11.7. The molecule has 0 heterocycles. The molecule has 0 aromatic heterocycles. The van der Waals surface area contributed by atoms with E-state index in [9.17, 15) is 13.2 Å². The van der Waals surface area contributed by atoms with Gasteiger partial charge in [-0.25, -0.2) is 0 Å². The van der Waals surface area contributed by atoms with E-state index >= 15 is 0 Å². The quantitative estimate of drug-likeness (QED) is 0.682. The number of alkyl halides is 4. The molecule has 1 nitrogen and oxygen atoms in total. The SMILES string of the molecule is CCCN(CC(F)(F)F)c1ccc(CCl)c(Br)c1. The maximum atomic E-state index is 12.5. The molecule has 18 heavy (non-hydrogen) atoms. The van der Waals surface area contributed by atoms with E-state index in [1.807, 2.05) is 6.92 Å². The van der Waals surface area contributed by atoms with Gasteiger partial charge in [-0.3, -0.25) is 0 Å². The predicted octanol–water partition coefficient (Wildman–Crippen LogP) is 4.97. The van der Waals surface area contributed by atoms with Crippen LogP contribution in [0, 0.1) is 0 Å². The first kappa shape index (κ1) is 15.6. The highest BCUT2D eigenvalue weighted by Gasteiger charge is 2.30. The van der Waals surface area contributed by atoms with Crippen LogP contribution in [0.15, 0.2) is 22.7 Å². The molecule has 0 unspecified atom stereocenters. The van der Waals surface area contributed by atoms with Crippen LogP contribution in [-0.2, 0) is 5.88 Å². The van der Waals surface area contributed by atoms with Crippen molar-refractivity contribution >= 4 is 33.2 Å². The summed E-state index contributed by atoms with van der Waals surface area (Å²) in [6.07, 6.45) is -3.54. The van der Waals surface area contributed by atoms with E-state index in [2.05, 4.69) is 15.9 Å². The Morgan fingerprint density at radius 3 is 2.44 bits per heavy atom. The topological polar surface area (TPSA) is 3.24 Å². The Hall–Kier alpha value is -0.420. The van der Waals surface area contributed by atoms with Gasteiger partial charge in [-0.15, -0.1) is 11.6 Å². The van der Waals surface area contributed by atoms with Crippen molar-refractivity contribution in [2.45, 2.75) is 25.4 Å². The van der Waals surface area contributed by atoms with Crippen LogP contribution in [-0.4, -0.2) is 19.3 Å². The molecular formula is C12H14BrClF3N. The lowest BCUT2D eigenvalue weighted by Crippen LogP contribution is -2.34. The van der Waals surface area contributed by atoms with Crippen molar-refractivity contribution in [2.24, 2.45) is 0 Å². The fraction of sp³-hybridized carbons (Fsp3) is 0.500. The van der Waals surface area contributed by atoms with Crippen molar-refractivity contribution in [1.29, 1.82) is 0 Å². The van der Waals surface area contributed by atoms with Crippen LogP contribution in [0.5, 0.6) is 0 Å². The van der Waals surface area contributed by atoms with Crippen LogP contribution in [0.4, 0.5) is 18.9 Å². The molecule has 1 rings (SSSR count). The molecule has 0 radical (unpaired) electrons. The zero-order valence-corrected chi connectivity index (χ0v) is 12.2. The van der Waals surface area contributed by atoms with E-state index in [0.29, 0.717) is 24.5 Å². The molecular weight excluding hydrogens is 330 g/mol. The lowest BCUT2D eigenvalue weighted by molar-refractivity contribution is -0.119.